The highest BCUT2D eigenvalue weighted by molar-refractivity contribution is 7.23. The predicted molar refractivity (Wildman–Crippen MR) is 211 cm³/mol. The molecule has 2 aliphatic rings. The van der Waals surface area contributed by atoms with Crippen molar-refractivity contribution in [2.24, 2.45) is 0 Å². The van der Waals surface area contributed by atoms with Gasteiger partial charge in [0.25, 0.3) is 0 Å². The molecule has 0 saturated carbocycles. The minimum absolute atomic E-state index is 0.00924. The molecule has 2 aromatic carbocycles. The van der Waals surface area contributed by atoms with Gasteiger partial charge < -0.3 is 24.0 Å². The van der Waals surface area contributed by atoms with Gasteiger partial charge in [-0.15, -0.1) is 11.3 Å². The Hall–Kier alpha value is -4.59. The molecule has 0 bridgehead atoms. The summed E-state index contributed by atoms with van der Waals surface area (Å²) in [7, 11) is 3.31. The SMILES string of the molecule is CN(CCN(C)c1nc(OC[C@@]23CCCN2C[C@H](F)C3)nc2c(F)c(-c3ccc(F)c4sc(NC(=O)OC(C)(C)C)c(C#N)c34)c(Cl)cc12)C(=O)OC(C)(C)C. The van der Waals surface area contributed by atoms with Crippen molar-refractivity contribution in [1.29, 1.82) is 5.26 Å². The van der Waals surface area contributed by atoms with Crippen molar-refractivity contribution in [3.05, 3.63) is 40.4 Å². The van der Waals surface area contributed by atoms with Gasteiger partial charge in [0.2, 0.25) is 0 Å². The molecule has 4 heterocycles. The number of nitriles is 1. The summed E-state index contributed by atoms with van der Waals surface area (Å²) in [5.41, 5.74) is -2.44. The summed E-state index contributed by atoms with van der Waals surface area (Å²) in [4.78, 5) is 39.8. The van der Waals surface area contributed by atoms with Gasteiger partial charge in [-0.25, -0.2) is 22.8 Å². The Labute approximate surface area is 332 Å². The summed E-state index contributed by atoms with van der Waals surface area (Å²) >= 11 is 7.70. The molecule has 2 aromatic heterocycles. The van der Waals surface area contributed by atoms with E-state index in [1.807, 2.05) is 6.07 Å². The maximum absolute atomic E-state index is 17.3. The lowest BCUT2D eigenvalue weighted by Crippen LogP contribution is -2.43. The topological polar surface area (TPSA) is 133 Å². The molecule has 6 rings (SSSR count). The lowest BCUT2D eigenvalue weighted by atomic mass is 9.95. The fourth-order valence-corrected chi connectivity index (χ4v) is 8.58. The van der Waals surface area contributed by atoms with Gasteiger partial charge in [-0.3, -0.25) is 10.2 Å². The molecule has 1 N–H and O–H groups in total. The predicted octanol–water partition coefficient (Wildman–Crippen LogP) is 8.92. The molecule has 0 unspecified atom stereocenters. The van der Waals surface area contributed by atoms with Crippen molar-refractivity contribution in [2.75, 3.05) is 57.1 Å². The molecular weight excluding hydrogens is 771 g/mol. The summed E-state index contributed by atoms with van der Waals surface area (Å²) in [6.45, 7) is 11.9. The van der Waals surface area contributed by atoms with Gasteiger partial charge in [0.05, 0.1) is 20.8 Å². The van der Waals surface area contributed by atoms with Crippen molar-refractivity contribution in [3.63, 3.8) is 0 Å². The maximum Gasteiger partial charge on any atom is 0.412 e. The van der Waals surface area contributed by atoms with E-state index in [-0.39, 0.29) is 79.2 Å². The molecule has 12 nitrogen and oxygen atoms in total. The second kappa shape index (κ2) is 15.4. The number of likely N-dealkylation sites (N-methyl/N-ethyl adjacent to an activating group) is 2. The molecule has 0 spiro atoms. The monoisotopic (exact) mass is 815 g/mol. The van der Waals surface area contributed by atoms with E-state index in [0.717, 1.165) is 36.8 Å². The smallest absolute Gasteiger partial charge is 0.412 e. The summed E-state index contributed by atoms with van der Waals surface area (Å²) in [6.07, 6.45) is -0.457. The number of hydrogen-bond acceptors (Lipinski definition) is 11. The highest BCUT2D eigenvalue weighted by Crippen LogP contribution is 2.47. The standard InChI is InChI=1S/C39H45ClF3N7O5S/c1-37(2,3)54-35(51)47-33-24(18-44)27-22(10-11-26(42)31(27)56-33)28-25(40)16-23-30(29(28)43)45-34(53-20-39-12-9-13-50(39)19-21(41)17-39)46-32(23)48(7)14-15-49(8)36(52)55-38(4,5)6/h10-11,16,21H,9,12-15,17,19-20H2,1-8H3,(H,47,51)/t21-,39+/m1/s1. The zero-order chi connectivity index (χ0) is 40.9. The van der Waals surface area contributed by atoms with E-state index < -0.39 is 46.7 Å². The van der Waals surface area contributed by atoms with Crippen molar-refractivity contribution in [1.82, 2.24) is 19.8 Å². The Kier molecular flexibility index (Phi) is 11.3. The number of amides is 2. The zero-order valence-electron chi connectivity index (χ0n) is 32.6. The van der Waals surface area contributed by atoms with Crippen LogP contribution in [0.4, 0.5) is 33.6 Å². The first-order valence-corrected chi connectivity index (χ1v) is 19.4. The first-order chi connectivity index (χ1) is 26.2. The van der Waals surface area contributed by atoms with Crippen LogP contribution in [0.2, 0.25) is 5.02 Å². The summed E-state index contributed by atoms with van der Waals surface area (Å²) < 4.78 is 64.3. The highest BCUT2D eigenvalue weighted by Gasteiger charge is 2.49. The van der Waals surface area contributed by atoms with Crippen LogP contribution in [0.15, 0.2) is 18.2 Å². The van der Waals surface area contributed by atoms with Crippen LogP contribution >= 0.6 is 22.9 Å². The molecule has 17 heteroatoms. The lowest BCUT2D eigenvalue weighted by Gasteiger charge is -2.31. The van der Waals surface area contributed by atoms with Gasteiger partial charge in [0.15, 0.2) is 5.82 Å². The van der Waals surface area contributed by atoms with Crippen molar-refractivity contribution in [2.45, 2.75) is 83.7 Å². The number of rotatable bonds is 9. The molecule has 0 radical (unpaired) electrons. The molecule has 2 atom stereocenters. The molecule has 300 valence electrons. The first kappa shape index (κ1) is 41.1. The fraction of sp³-hybridized carbons (Fsp3) is 0.513. The van der Waals surface area contributed by atoms with E-state index in [1.165, 1.54) is 17.0 Å². The summed E-state index contributed by atoms with van der Waals surface area (Å²) in [5.74, 6) is -1.34. The molecule has 4 aromatic rings. The average molecular weight is 816 g/mol. The summed E-state index contributed by atoms with van der Waals surface area (Å²) in [5, 5.41) is 13.0. The average Bonchev–Trinajstić information content (AvgIpc) is 3.75. The minimum atomic E-state index is -0.995. The number of nitrogens with zero attached hydrogens (tertiary/aromatic N) is 6. The number of carbonyl (C=O) groups excluding carboxylic acids is 2. The highest BCUT2D eigenvalue weighted by atomic mass is 35.5. The van der Waals surface area contributed by atoms with Crippen LogP contribution in [-0.4, -0.2) is 102 Å². The number of alkyl halides is 1. The number of fused-ring (bicyclic) bond motifs is 3. The number of halogens is 4. The number of thiophene rings is 1. The normalized spacial score (nSPS) is 18.5. The van der Waals surface area contributed by atoms with Crippen LogP contribution in [0, 0.1) is 23.0 Å². The molecule has 0 aliphatic carbocycles. The molecule has 2 saturated heterocycles. The Balaban J connectivity index is 1.45. The molecule has 2 fully saturated rings. The Morgan fingerprint density at radius 1 is 1.12 bits per heavy atom. The number of aromatic nitrogens is 2. The quantitative estimate of drug-likeness (QED) is 0.175. The van der Waals surface area contributed by atoms with Crippen LogP contribution in [0.1, 0.15) is 66.4 Å². The fourth-order valence-electron chi connectivity index (χ4n) is 7.22. The van der Waals surface area contributed by atoms with Crippen LogP contribution in [0.25, 0.3) is 32.1 Å². The van der Waals surface area contributed by atoms with E-state index in [4.69, 9.17) is 25.8 Å². The van der Waals surface area contributed by atoms with Gasteiger partial charge in [-0.2, -0.15) is 15.2 Å². The number of benzene rings is 2. The maximum atomic E-state index is 17.3. The number of anilines is 2. The number of ether oxygens (including phenoxy) is 3. The minimum Gasteiger partial charge on any atom is -0.461 e. The Morgan fingerprint density at radius 3 is 2.52 bits per heavy atom. The second-order valence-electron chi connectivity index (χ2n) is 16.3. The van der Waals surface area contributed by atoms with Crippen LogP contribution < -0.4 is 15.0 Å². The van der Waals surface area contributed by atoms with E-state index in [1.54, 1.807) is 60.5 Å². The van der Waals surface area contributed by atoms with Gasteiger partial charge >= 0.3 is 18.2 Å². The van der Waals surface area contributed by atoms with Crippen LogP contribution in [0.5, 0.6) is 6.01 Å². The third-order valence-corrected chi connectivity index (χ3v) is 11.1. The van der Waals surface area contributed by atoms with Gasteiger partial charge in [-0.1, -0.05) is 17.7 Å². The second-order valence-corrected chi connectivity index (χ2v) is 17.7. The summed E-state index contributed by atoms with van der Waals surface area (Å²) in [6, 6.07) is 5.81. The number of nitrogens with one attached hydrogen (secondary N) is 1. The van der Waals surface area contributed by atoms with Gasteiger partial charge in [0, 0.05) is 56.5 Å². The Bertz CT molecular complexity index is 2240. The largest absolute Gasteiger partial charge is 0.461 e. The molecular formula is C39H45ClF3N7O5S. The third-order valence-electron chi connectivity index (χ3n) is 9.70. The van der Waals surface area contributed by atoms with Gasteiger partial charge in [0.1, 0.15) is 52.2 Å². The van der Waals surface area contributed by atoms with Crippen LogP contribution in [0.3, 0.4) is 0 Å². The van der Waals surface area contributed by atoms with Crippen LogP contribution in [-0.2, 0) is 9.47 Å². The van der Waals surface area contributed by atoms with Crippen molar-refractivity contribution >= 4 is 66.9 Å². The number of carbonyl (C=O) groups is 2. The number of hydrogen-bond donors (Lipinski definition) is 1. The van der Waals surface area contributed by atoms with Gasteiger partial charge in [-0.05, 0) is 78.6 Å². The van der Waals surface area contributed by atoms with E-state index in [0.29, 0.717) is 13.0 Å². The van der Waals surface area contributed by atoms with Crippen molar-refractivity contribution in [3.8, 4) is 23.2 Å². The van der Waals surface area contributed by atoms with Crippen molar-refractivity contribution < 1.29 is 37.0 Å². The van der Waals surface area contributed by atoms with E-state index >= 15 is 8.78 Å². The van der Waals surface area contributed by atoms with E-state index in [2.05, 4.69) is 20.2 Å². The third kappa shape index (κ3) is 8.40. The molecule has 56 heavy (non-hydrogen) atoms. The molecule has 2 amide bonds. The molecule has 2 aliphatic heterocycles. The zero-order valence-corrected chi connectivity index (χ0v) is 34.2. The lowest BCUT2D eigenvalue weighted by molar-refractivity contribution is 0.0303. The van der Waals surface area contributed by atoms with E-state index in [9.17, 15) is 19.2 Å². The first-order valence-electron chi connectivity index (χ1n) is 18.2. The Morgan fingerprint density at radius 2 is 1.84 bits per heavy atom.